The third-order valence-corrected chi connectivity index (χ3v) is 8.68. The number of ether oxygens (including phenoxy) is 1. The Morgan fingerprint density at radius 3 is 2.68 bits per heavy atom. The topological polar surface area (TPSA) is 63.6 Å². The molecule has 0 saturated heterocycles. The summed E-state index contributed by atoms with van der Waals surface area (Å²) in [7, 11) is 0. The number of hydrogen-bond donors (Lipinski definition) is 1. The second kappa shape index (κ2) is 6.07. The minimum Gasteiger partial charge on any atom is -0.463 e. The number of aliphatic hydroxyl groups excluding tert-OH is 1. The van der Waals surface area contributed by atoms with Crippen molar-refractivity contribution in [3.8, 4) is 0 Å². The highest BCUT2D eigenvalue weighted by atomic mass is 16.5. The first kappa shape index (κ1) is 17.5. The van der Waals surface area contributed by atoms with Gasteiger partial charge < -0.3 is 9.84 Å². The van der Waals surface area contributed by atoms with Gasteiger partial charge in [0.25, 0.3) is 0 Å². The van der Waals surface area contributed by atoms with Gasteiger partial charge in [-0.25, -0.2) is 0 Å². The van der Waals surface area contributed by atoms with E-state index in [0.717, 1.165) is 38.5 Å². The van der Waals surface area contributed by atoms with Crippen molar-refractivity contribution in [2.24, 2.45) is 34.5 Å². The molecule has 4 saturated carbocycles. The fourth-order valence-electron chi connectivity index (χ4n) is 7.43. The maximum Gasteiger partial charge on any atom is 0.302 e. The van der Waals surface area contributed by atoms with Crippen molar-refractivity contribution in [3.63, 3.8) is 0 Å². The van der Waals surface area contributed by atoms with Gasteiger partial charge in [0.05, 0.1) is 12.0 Å². The van der Waals surface area contributed by atoms with Gasteiger partial charge in [-0.2, -0.15) is 0 Å². The van der Waals surface area contributed by atoms with Gasteiger partial charge in [-0.15, -0.1) is 0 Å². The van der Waals surface area contributed by atoms with E-state index in [4.69, 9.17) is 4.74 Å². The average Bonchev–Trinajstić information content (AvgIpc) is 2.92. The van der Waals surface area contributed by atoms with Crippen LogP contribution in [0.3, 0.4) is 0 Å². The van der Waals surface area contributed by atoms with Crippen LogP contribution in [-0.4, -0.2) is 29.6 Å². The monoisotopic (exact) mass is 348 g/mol. The van der Waals surface area contributed by atoms with E-state index in [9.17, 15) is 14.7 Å². The lowest BCUT2D eigenvalue weighted by atomic mass is 9.45. The number of esters is 1. The van der Waals surface area contributed by atoms with E-state index in [0.29, 0.717) is 41.3 Å². The van der Waals surface area contributed by atoms with Gasteiger partial charge in [0.2, 0.25) is 0 Å². The molecule has 140 valence electrons. The molecule has 1 N–H and O–H groups in total. The molecule has 4 nitrogen and oxygen atoms in total. The summed E-state index contributed by atoms with van der Waals surface area (Å²) in [6.07, 6.45) is 9.19. The lowest BCUT2D eigenvalue weighted by molar-refractivity contribution is -0.162. The molecule has 0 aromatic carbocycles. The Kier molecular flexibility index (Phi) is 4.25. The fraction of sp³-hybridized carbons (Fsp3) is 0.905. The molecule has 0 bridgehead atoms. The number of carbonyl (C=O) groups is 2. The lowest BCUT2D eigenvalue weighted by Crippen LogP contribution is -2.55. The maximum atomic E-state index is 12.5. The van der Waals surface area contributed by atoms with Crippen LogP contribution in [0.15, 0.2) is 0 Å². The Labute approximate surface area is 150 Å². The molecule has 4 fully saturated rings. The molecule has 25 heavy (non-hydrogen) atoms. The van der Waals surface area contributed by atoms with E-state index in [2.05, 4.69) is 6.92 Å². The van der Waals surface area contributed by atoms with E-state index in [-0.39, 0.29) is 18.7 Å². The number of aliphatic hydroxyl groups is 1. The molecule has 0 heterocycles. The van der Waals surface area contributed by atoms with Crippen LogP contribution in [0.25, 0.3) is 0 Å². The summed E-state index contributed by atoms with van der Waals surface area (Å²) in [4.78, 5) is 23.9. The molecule has 0 amide bonds. The number of Topliss-reactive ketones (excluding diaryl/α,β-unsaturated/α-hetero) is 1. The summed E-state index contributed by atoms with van der Waals surface area (Å²) in [6, 6.07) is 0. The van der Waals surface area contributed by atoms with Gasteiger partial charge in [-0.05, 0) is 80.5 Å². The summed E-state index contributed by atoms with van der Waals surface area (Å²) in [6.45, 7) is 4.02. The van der Waals surface area contributed by atoms with Crippen LogP contribution >= 0.6 is 0 Å². The van der Waals surface area contributed by atoms with Crippen molar-refractivity contribution < 1.29 is 19.4 Å². The highest BCUT2D eigenvalue weighted by molar-refractivity contribution is 5.87. The molecule has 0 radical (unpaired) electrons. The van der Waals surface area contributed by atoms with Crippen LogP contribution in [0.1, 0.15) is 71.6 Å². The van der Waals surface area contributed by atoms with Gasteiger partial charge in [0.1, 0.15) is 11.9 Å². The van der Waals surface area contributed by atoms with Gasteiger partial charge >= 0.3 is 5.97 Å². The lowest BCUT2D eigenvalue weighted by Gasteiger charge is -2.60. The van der Waals surface area contributed by atoms with Crippen molar-refractivity contribution in [1.29, 1.82) is 0 Å². The summed E-state index contributed by atoms with van der Waals surface area (Å²) >= 11 is 0. The van der Waals surface area contributed by atoms with E-state index in [1.54, 1.807) is 0 Å². The quantitative estimate of drug-likeness (QED) is 0.776. The summed E-state index contributed by atoms with van der Waals surface area (Å²) in [5.74, 6) is 2.46. The van der Waals surface area contributed by atoms with Crippen LogP contribution in [0.2, 0.25) is 0 Å². The normalized spacial score (nSPS) is 49.1. The Bertz CT molecular complexity index is 572. The molecule has 0 spiro atoms. The van der Waals surface area contributed by atoms with E-state index < -0.39 is 5.41 Å². The Morgan fingerprint density at radius 2 is 1.96 bits per heavy atom. The third-order valence-electron chi connectivity index (χ3n) is 8.68. The average molecular weight is 348 g/mol. The molecule has 4 aliphatic carbocycles. The number of rotatable bonds is 2. The molecule has 4 heteroatoms. The van der Waals surface area contributed by atoms with Crippen LogP contribution in [0.5, 0.6) is 0 Å². The minimum absolute atomic E-state index is 0.0500. The molecular formula is C21H32O4. The van der Waals surface area contributed by atoms with Crippen LogP contribution in [-0.2, 0) is 14.3 Å². The fourth-order valence-corrected chi connectivity index (χ4v) is 7.43. The molecule has 4 rings (SSSR count). The second-order valence-electron chi connectivity index (χ2n) is 9.48. The first-order chi connectivity index (χ1) is 11.9. The smallest absolute Gasteiger partial charge is 0.302 e. The largest absolute Gasteiger partial charge is 0.463 e. The van der Waals surface area contributed by atoms with Gasteiger partial charge in [0, 0.05) is 13.3 Å². The summed E-state index contributed by atoms with van der Waals surface area (Å²) in [5, 5.41) is 10.1. The third kappa shape index (κ3) is 2.50. The van der Waals surface area contributed by atoms with Crippen LogP contribution < -0.4 is 0 Å². The van der Waals surface area contributed by atoms with Gasteiger partial charge in [0.15, 0.2) is 0 Å². The Hall–Kier alpha value is -0.900. The molecule has 4 aliphatic rings. The molecule has 7 atom stereocenters. The van der Waals surface area contributed by atoms with Gasteiger partial charge in [-0.1, -0.05) is 6.92 Å². The molecule has 0 aromatic rings. The first-order valence-corrected chi connectivity index (χ1v) is 10.2. The SMILES string of the molecule is CC(=O)OC1CCC2(C)C(CCC3C4CCC(=O)C4(CO)CCC32)C1. The van der Waals surface area contributed by atoms with E-state index >= 15 is 0 Å². The zero-order valence-electron chi connectivity index (χ0n) is 15.6. The van der Waals surface area contributed by atoms with Crippen molar-refractivity contribution >= 4 is 11.8 Å². The Balaban J connectivity index is 1.55. The van der Waals surface area contributed by atoms with E-state index in [1.807, 2.05) is 0 Å². The van der Waals surface area contributed by atoms with Crippen LogP contribution in [0.4, 0.5) is 0 Å². The summed E-state index contributed by atoms with van der Waals surface area (Å²) in [5.41, 5.74) is -0.105. The van der Waals surface area contributed by atoms with Gasteiger partial charge in [-0.3, -0.25) is 9.59 Å². The Morgan fingerprint density at radius 1 is 1.16 bits per heavy atom. The van der Waals surface area contributed by atoms with E-state index in [1.165, 1.54) is 19.8 Å². The standard InChI is InChI=1S/C21H32O4/c1-13(23)25-15-7-9-20(2)14(11-15)3-4-16-17(20)8-10-21(12-22)18(16)5-6-19(21)24/h14-18,22H,3-12H2,1-2H3. The molecular weight excluding hydrogens is 316 g/mol. The predicted octanol–water partition coefficient (Wildman–Crippen LogP) is 3.50. The van der Waals surface area contributed by atoms with Crippen molar-refractivity contribution in [3.05, 3.63) is 0 Å². The number of hydrogen-bond acceptors (Lipinski definition) is 4. The second-order valence-corrected chi connectivity index (χ2v) is 9.48. The first-order valence-electron chi connectivity index (χ1n) is 10.2. The van der Waals surface area contributed by atoms with Crippen molar-refractivity contribution in [2.75, 3.05) is 6.61 Å². The van der Waals surface area contributed by atoms with Crippen molar-refractivity contribution in [1.82, 2.24) is 0 Å². The molecule has 7 unspecified atom stereocenters. The summed E-state index contributed by atoms with van der Waals surface area (Å²) < 4.78 is 5.52. The number of carbonyl (C=O) groups excluding carboxylic acids is 2. The minimum atomic E-state index is -0.417. The number of fused-ring (bicyclic) bond motifs is 5. The molecule has 0 aromatic heterocycles. The number of ketones is 1. The maximum absolute atomic E-state index is 12.5. The highest BCUT2D eigenvalue weighted by Gasteiger charge is 2.61. The zero-order chi connectivity index (χ0) is 17.8. The zero-order valence-corrected chi connectivity index (χ0v) is 15.6. The van der Waals surface area contributed by atoms with Crippen molar-refractivity contribution in [2.45, 2.75) is 77.7 Å². The predicted molar refractivity (Wildman–Crippen MR) is 93.7 cm³/mol. The van der Waals surface area contributed by atoms with Crippen LogP contribution in [0, 0.1) is 34.5 Å². The molecule has 0 aliphatic heterocycles. The highest BCUT2D eigenvalue weighted by Crippen LogP contribution is 2.65.